The summed E-state index contributed by atoms with van der Waals surface area (Å²) in [6, 6.07) is 4.62. The number of hydrogen-bond donors (Lipinski definition) is 1. The first-order valence-electron chi connectivity index (χ1n) is 5.63. The summed E-state index contributed by atoms with van der Waals surface area (Å²) >= 11 is 7.73. The van der Waals surface area contributed by atoms with Crippen LogP contribution in [0.4, 0.5) is 0 Å². The normalized spacial score (nSPS) is 12.9. The van der Waals surface area contributed by atoms with Crippen molar-refractivity contribution in [3.63, 3.8) is 0 Å². The van der Waals surface area contributed by atoms with Gasteiger partial charge in [0.1, 0.15) is 0 Å². The molecule has 0 fully saturated rings. The molecular weight excluding hydrogens is 254 g/mol. The van der Waals surface area contributed by atoms with E-state index in [4.69, 9.17) is 11.6 Å². The monoisotopic (exact) mass is 269 g/mol. The molecule has 0 bridgehead atoms. The minimum atomic E-state index is 0.390. The predicted octanol–water partition coefficient (Wildman–Crippen LogP) is 3.26. The van der Waals surface area contributed by atoms with Gasteiger partial charge >= 0.3 is 0 Å². The molecule has 0 amide bonds. The Morgan fingerprint density at radius 3 is 3.00 bits per heavy atom. The maximum atomic E-state index is 5.95. The number of rotatable bonds is 5. The van der Waals surface area contributed by atoms with Crippen molar-refractivity contribution in [1.82, 2.24) is 15.1 Å². The molecular formula is C12H16ClN3S. The summed E-state index contributed by atoms with van der Waals surface area (Å²) in [7, 11) is 0. The zero-order valence-corrected chi connectivity index (χ0v) is 11.6. The number of aromatic nitrogens is 2. The number of thiophene rings is 1. The number of nitrogens with one attached hydrogen (secondary N) is 1. The molecule has 2 aromatic heterocycles. The molecule has 5 heteroatoms. The molecule has 2 heterocycles. The highest BCUT2D eigenvalue weighted by molar-refractivity contribution is 7.10. The lowest BCUT2D eigenvalue weighted by molar-refractivity contribution is 0.505. The molecule has 0 radical (unpaired) electrons. The van der Waals surface area contributed by atoms with Crippen LogP contribution in [-0.2, 0) is 6.54 Å². The van der Waals surface area contributed by atoms with Crippen LogP contribution in [0.3, 0.4) is 0 Å². The second-order valence-corrected chi connectivity index (χ2v) is 5.38. The third kappa shape index (κ3) is 3.09. The van der Waals surface area contributed by atoms with Gasteiger partial charge in [-0.1, -0.05) is 17.7 Å². The molecule has 0 aliphatic heterocycles. The van der Waals surface area contributed by atoms with E-state index in [0.717, 1.165) is 23.8 Å². The van der Waals surface area contributed by atoms with Gasteiger partial charge in [-0.15, -0.1) is 11.3 Å². The molecule has 1 unspecified atom stereocenters. The molecule has 0 aliphatic rings. The van der Waals surface area contributed by atoms with E-state index in [-0.39, 0.29) is 0 Å². The Kier molecular flexibility index (Phi) is 4.20. The van der Waals surface area contributed by atoms with Gasteiger partial charge in [0.25, 0.3) is 0 Å². The van der Waals surface area contributed by atoms with Crippen LogP contribution in [0.1, 0.15) is 23.5 Å². The van der Waals surface area contributed by atoms with Crippen molar-refractivity contribution < 1.29 is 0 Å². The number of halogens is 1. The summed E-state index contributed by atoms with van der Waals surface area (Å²) in [5.74, 6) is 0. The van der Waals surface area contributed by atoms with Gasteiger partial charge in [-0.25, -0.2) is 0 Å². The molecule has 0 spiro atoms. The first-order valence-corrected chi connectivity index (χ1v) is 6.89. The van der Waals surface area contributed by atoms with Crippen molar-refractivity contribution in [2.24, 2.45) is 0 Å². The Bertz CT molecular complexity index is 464. The van der Waals surface area contributed by atoms with Crippen LogP contribution in [0.2, 0.25) is 5.02 Å². The molecule has 0 saturated carbocycles. The Morgan fingerprint density at radius 2 is 2.41 bits per heavy atom. The Morgan fingerprint density at radius 1 is 1.59 bits per heavy atom. The molecule has 3 nitrogen and oxygen atoms in total. The van der Waals surface area contributed by atoms with Crippen LogP contribution in [0.15, 0.2) is 23.7 Å². The van der Waals surface area contributed by atoms with E-state index in [1.54, 1.807) is 17.5 Å². The second-order valence-electron chi connectivity index (χ2n) is 3.99. The van der Waals surface area contributed by atoms with Crippen molar-refractivity contribution in [3.05, 3.63) is 39.3 Å². The van der Waals surface area contributed by atoms with Crippen LogP contribution >= 0.6 is 22.9 Å². The summed E-state index contributed by atoms with van der Waals surface area (Å²) in [5, 5.41) is 10.5. The van der Waals surface area contributed by atoms with E-state index in [9.17, 15) is 0 Å². The molecule has 0 aliphatic carbocycles. The van der Waals surface area contributed by atoms with Crippen LogP contribution < -0.4 is 5.32 Å². The Hall–Kier alpha value is -0.840. The molecule has 1 N–H and O–H groups in total. The minimum absolute atomic E-state index is 0.390. The van der Waals surface area contributed by atoms with Crippen LogP contribution in [0, 0.1) is 6.92 Å². The van der Waals surface area contributed by atoms with Crippen LogP contribution in [0.5, 0.6) is 0 Å². The summed E-state index contributed by atoms with van der Waals surface area (Å²) < 4.78 is 1.93. The summed E-state index contributed by atoms with van der Waals surface area (Å²) in [6.07, 6.45) is 1.69. The quantitative estimate of drug-likeness (QED) is 0.903. The van der Waals surface area contributed by atoms with E-state index >= 15 is 0 Å². The summed E-state index contributed by atoms with van der Waals surface area (Å²) in [5.41, 5.74) is 1.03. The standard InChI is InChI=1S/C12H16ClN3S/c1-9(12-4-3-7-17-12)14-5-6-16-10(2)11(13)8-15-16/h3-4,7-9,14H,5-6H2,1-2H3. The van der Waals surface area contributed by atoms with E-state index in [0.29, 0.717) is 6.04 Å². The average Bonchev–Trinajstić information content (AvgIpc) is 2.93. The SMILES string of the molecule is Cc1c(Cl)cnn1CCNC(C)c1cccs1. The van der Waals surface area contributed by atoms with Crippen LogP contribution in [-0.4, -0.2) is 16.3 Å². The molecule has 92 valence electrons. The lowest BCUT2D eigenvalue weighted by atomic mass is 10.3. The van der Waals surface area contributed by atoms with Crippen molar-refractivity contribution >= 4 is 22.9 Å². The molecule has 0 aromatic carbocycles. The number of nitrogens with zero attached hydrogens (tertiary/aromatic N) is 2. The van der Waals surface area contributed by atoms with Gasteiger partial charge in [0.15, 0.2) is 0 Å². The smallest absolute Gasteiger partial charge is 0.0814 e. The van der Waals surface area contributed by atoms with E-state index in [1.165, 1.54) is 4.88 Å². The van der Waals surface area contributed by atoms with Gasteiger partial charge in [-0.2, -0.15) is 5.10 Å². The largest absolute Gasteiger partial charge is 0.308 e. The highest BCUT2D eigenvalue weighted by atomic mass is 35.5. The zero-order chi connectivity index (χ0) is 12.3. The van der Waals surface area contributed by atoms with Crippen LogP contribution in [0.25, 0.3) is 0 Å². The maximum absolute atomic E-state index is 5.95. The predicted molar refractivity (Wildman–Crippen MR) is 72.7 cm³/mol. The lowest BCUT2D eigenvalue weighted by Crippen LogP contribution is -2.23. The minimum Gasteiger partial charge on any atom is -0.308 e. The topological polar surface area (TPSA) is 29.9 Å². The van der Waals surface area contributed by atoms with Gasteiger partial charge < -0.3 is 5.32 Å². The van der Waals surface area contributed by atoms with Crippen molar-refractivity contribution in [1.29, 1.82) is 0 Å². The van der Waals surface area contributed by atoms with Gasteiger partial charge in [0, 0.05) is 17.5 Å². The highest BCUT2D eigenvalue weighted by Crippen LogP contribution is 2.18. The van der Waals surface area contributed by atoms with Crippen molar-refractivity contribution in [2.45, 2.75) is 26.4 Å². The fourth-order valence-electron chi connectivity index (χ4n) is 1.67. The molecule has 1 atom stereocenters. The van der Waals surface area contributed by atoms with Crippen molar-refractivity contribution in [2.75, 3.05) is 6.54 Å². The fourth-order valence-corrected chi connectivity index (χ4v) is 2.57. The summed E-state index contributed by atoms with van der Waals surface area (Å²) in [6.45, 7) is 5.89. The highest BCUT2D eigenvalue weighted by Gasteiger charge is 2.06. The van der Waals surface area contributed by atoms with Gasteiger partial charge in [-0.05, 0) is 25.3 Å². The van der Waals surface area contributed by atoms with Gasteiger partial charge in [0.2, 0.25) is 0 Å². The molecule has 2 aromatic rings. The Labute approximate surface area is 110 Å². The van der Waals surface area contributed by atoms with Gasteiger partial charge in [0.05, 0.1) is 23.5 Å². The maximum Gasteiger partial charge on any atom is 0.0814 e. The van der Waals surface area contributed by atoms with E-state index in [1.807, 2.05) is 11.6 Å². The van der Waals surface area contributed by atoms with Gasteiger partial charge in [-0.3, -0.25) is 4.68 Å². The third-order valence-corrected chi connectivity index (χ3v) is 4.21. The molecule has 2 rings (SSSR count). The first kappa shape index (κ1) is 12.6. The third-order valence-electron chi connectivity index (χ3n) is 2.79. The molecule has 0 saturated heterocycles. The first-order chi connectivity index (χ1) is 8.18. The number of hydrogen-bond acceptors (Lipinski definition) is 3. The van der Waals surface area contributed by atoms with E-state index < -0.39 is 0 Å². The Balaban J connectivity index is 1.82. The second kappa shape index (κ2) is 5.67. The zero-order valence-electron chi connectivity index (χ0n) is 9.98. The summed E-state index contributed by atoms with van der Waals surface area (Å²) in [4.78, 5) is 1.36. The average molecular weight is 270 g/mol. The fraction of sp³-hybridized carbons (Fsp3) is 0.417. The molecule has 17 heavy (non-hydrogen) atoms. The lowest BCUT2D eigenvalue weighted by Gasteiger charge is -2.12. The van der Waals surface area contributed by atoms with E-state index in [2.05, 4.69) is 34.9 Å². The van der Waals surface area contributed by atoms with Crippen molar-refractivity contribution in [3.8, 4) is 0 Å².